The molecule has 2 aliphatic carbocycles. The molecule has 6 rings (SSSR count). The van der Waals surface area contributed by atoms with Crippen LogP contribution in [-0.4, -0.2) is 0 Å². The molecule has 0 radical (unpaired) electrons. The van der Waals surface area contributed by atoms with Crippen molar-refractivity contribution in [3.8, 4) is 22.3 Å². The SMILES string of the molecule is Cc1cccc2c1C1(c3ccccc3-2)c2ccccc2-c2c(N)cccc21. The Kier molecular flexibility index (Phi) is 2.68. The van der Waals surface area contributed by atoms with Gasteiger partial charge in [-0.3, -0.25) is 0 Å². The minimum Gasteiger partial charge on any atom is -0.398 e. The molecule has 4 aromatic rings. The van der Waals surface area contributed by atoms with Crippen LogP contribution in [0.4, 0.5) is 5.69 Å². The van der Waals surface area contributed by atoms with E-state index < -0.39 is 0 Å². The number of hydrogen-bond acceptors (Lipinski definition) is 1. The lowest BCUT2D eigenvalue weighted by Crippen LogP contribution is -2.26. The molecule has 1 unspecified atom stereocenters. The molecule has 0 amide bonds. The predicted molar refractivity (Wildman–Crippen MR) is 112 cm³/mol. The highest BCUT2D eigenvalue weighted by molar-refractivity contribution is 5.98. The molecule has 0 aliphatic heterocycles. The van der Waals surface area contributed by atoms with Gasteiger partial charge in [-0.1, -0.05) is 78.9 Å². The number of fused-ring (bicyclic) bond motifs is 10. The van der Waals surface area contributed by atoms with Gasteiger partial charge in [-0.05, 0) is 57.5 Å². The lowest BCUT2D eigenvalue weighted by Gasteiger charge is -2.31. The number of benzene rings is 4. The first-order valence-corrected chi connectivity index (χ1v) is 9.43. The molecule has 4 aromatic carbocycles. The monoisotopic (exact) mass is 345 g/mol. The van der Waals surface area contributed by atoms with Crippen molar-refractivity contribution in [3.63, 3.8) is 0 Å². The van der Waals surface area contributed by atoms with E-state index in [0.717, 1.165) is 5.69 Å². The molecule has 1 spiro atoms. The van der Waals surface area contributed by atoms with E-state index in [9.17, 15) is 0 Å². The van der Waals surface area contributed by atoms with Crippen LogP contribution in [0.2, 0.25) is 0 Å². The summed E-state index contributed by atoms with van der Waals surface area (Å²) in [4.78, 5) is 0. The van der Waals surface area contributed by atoms with E-state index in [1.54, 1.807) is 0 Å². The first kappa shape index (κ1) is 14.8. The van der Waals surface area contributed by atoms with Gasteiger partial charge in [0.15, 0.2) is 0 Å². The summed E-state index contributed by atoms with van der Waals surface area (Å²) in [6.45, 7) is 2.24. The van der Waals surface area contributed by atoms with Gasteiger partial charge in [0.1, 0.15) is 0 Å². The number of aryl methyl sites for hydroxylation is 1. The van der Waals surface area contributed by atoms with Crippen LogP contribution in [0, 0.1) is 6.92 Å². The third-order valence-corrected chi connectivity index (χ3v) is 6.37. The normalized spacial score (nSPS) is 18.1. The topological polar surface area (TPSA) is 26.0 Å². The molecule has 0 aromatic heterocycles. The molecule has 2 aliphatic rings. The number of rotatable bonds is 0. The summed E-state index contributed by atoms with van der Waals surface area (Å²) in [5, 5.41) is 0. The second-order valence-corrected chi connectivity index (χ2v) is 7.61. The Hall–Kier alpha value is -3.32. The van der Waals surface area contributed by atoms with Crippen molar-refractivity contribution in [1.82, 2.24) is 0 Å². The van der Waals surface area contributed by atoms with Gasteiger partial charge in [0, 0.05) is 11.3 Å². The van der Waals surface area contributed by atoms with Crippen LogP contribution < -0.4 is 5.73 Å². The highest BCUT2D eigenvalue weighted by Crippen LogP contribution is 2.64. The average molecular weight is 345 g/mol. The van der Waals surface area contributed by atoms with Gasteiger partial charge in [-0.25, -0.2) is 0 Å². The zero-order chi connectivity index (χ0) is 18.2. The summed E-state index contributed by atoms with van der Waals surface area (Å²) in [5.74, 6) is 0. The fourth-order valence-electron chi connectivity index (χ4n) is 5.49. The Bertz CT molecular complexity index is 1250. The van der Waals surface area contributed by atoms with E-state index in [4.69, 9.17) is 5.73 Å². The number of hydrogen-bond donors (Lipinski definition) is 1. The van der Waals surface area contributed by atoms with Crippen LogP contribution in [0.1, 0.15) is 27.8 Å². The zero-order valence-electron chi connectivity index (χ0n) is 15.2. The van der Waals surface area contributed by atoms with Crippen molar-refractivity contribution in [1.29, 1.82) is 0 Å². The van der Waals surface area contributed by atoms with Crippen LogP contribution in [0.15, 0.2) is 84.9 Å². The maximum absolute atomic E-state index is 6.52. The van der Waals surface area contributed by atoms with Gasteiger partial charge in [0.2, 0.25) is 0 Å². The molecule has 0 saturated heterocycles. The summed E-state index contributed by atoms with van der Waals surface area (Å²) < 4.78 is 0. The molecule has 1 heteroatoms. The van der Waals surface area contributed by atoms with Gasteiger partial charge in [0.05, 0.1) is 5.41 Å². The Labute approximate surface area is 159 Å². The number of nitrogen functional groups attached to an aromatic ring is 1. The second kappa shape index (κ2) is 4.89. The minimum atomic E-state index is -0.279. The number of nitrogens with two attached hydrogens (primary N) is 1. The highest BCUT2D eigenvalue weighted by Gasteiger charge is 2.52. The maximum Gasteiger partial charge on any atom is 0.0728 e. The van der Waals surface area contributed by atoms with Gasteiger partial charge in [-0.2, -0.15) is 0 Å². The average Bonchev–Trinajstić information content (AvgIpc) is 3.17. The third-order valence-electron chi connectivity index (χ3n) is 6.37. The zero-order valence-corrected chi connectivity index (χ0v) is 15.2. The third kappa shape index (κ3) is 1.57. The molecule has 0 bridgehead atoms. The highest BCUT2D eigenvalue weighted by atomic mass is 14.6. The molecular weight excluding hydrogens is 326 g/mol. The lowest BCUT2D eigenvalue weighted by molar-refractivity contribution is 0.786. The molecule has 0 heterocycles. The molecule has 27 heavy (non-hydrogen) atoms. The Morgan fingerprint density at radius 3 is 2.00 bits per heavy atom. The molecule has 0 saturated carbocycles. The maximum atomic E-state index is 6.52. The van der Waals surface area contributed by atoms with Crippen molar-refractivity contribution < 1.29 is 0 Å². The number of anilines is 1. The van der Waals surface area contributed by atoms with E-state index in [0.29, 0.717) is 0 Å². The van der Waals surface area contributed by atoms with Crippen LogP contribution in [-0.2, 0) is 5.41 Å². The quantitative estimate of drug-likeness (QED) is 0.340. The minimum absolute atomic E-state index is 0.279. The summed E-state index contributed by atoms with van der Waals surface area (Å²) in [5.41, 5.74) is 19.0. The van der Waals surface area contributed by atoms with E-state index >= 15 is 0 Å². The van der Waals surface area contributed by atoms with Crippen molar-refractivity contribution in [2.75, 3.05) is 5.73 Å². The van der Waals surface area contributed by atoms with Crippen molar-refractivity contribution in [3.05, 3.63) is 113 Å². The predicted octanol–water partition coefficient (Wildman–Crippen LogP) is 5.92. The second-order valence-electron chi connectivity index (χ2n) is 7.61. The fourth-order valence-corrected chi connectivity index (χ4v) is 5.49. The van der Waals surface area contributed by atoms with Crippen molar-refractivity contribution in [2.45, 2.75) is 12.3 Å². The molecule has 1 atom stereocenters. The van der Waals surface area contributed by atoms with E-state index in [-0.39, 0.29) is 5.41 Å². The van der Waals surface area contributed by atoms with Gasteiger partial charge >= 0.3 is 0 Å². The smallest absolute Gasteiger partial charge is 0.0728 e. The van der Waals surface area contributed by atoms with Gasteiger partial charge in [-0.15, -0.1) is 0 Å². The molecule has 0 fully saturated rings. The Morgan fingerprint density at radius 2 is 1.19 bits per heavy atom. The van der Waals surface area contributed by atoms with E-state index in [2.05, 4.69) is 85.8 Å². The first-order chi connectivity index (χ1) is 13.2. The Balaban J connectivity index is 1.91. The molecule has 2 N–H and O–H groups in total. The summed E-state index contributed by atoms with van der Waals surface area (Å²) in [6.07, 6.45) is 0. The van der Waals surface area contributed by atoms with Gasteiger partial charge < -0.3 is 5.73 Å². The van der Waals surface area contributed by atoms with Crippen molar-refractivity contribution >= 4 is 5.69 Å². The largest absolute Gasteiger partial charge is 0.398 e. The molecular formula is C26H19N. The Morgan fingerprint density at radius 1 is 0.593 bits per heavy atom. The first-order valence-electron chi connectivity index (χ1n) is 9.43. The van der Waals surface area contributed by atoms with Crippen molar-refractivity contribution in [2.24, 2.45) is 0 Å². The summed E-state index contributed by atoms with van der Waals surface area (Å²) >= 11 is 0. The van der Waals surface area contributed by atoms with Crippen LogP contribution in [0.5, 0.6) is 0 Å². The van der Waals surface area contributed by atoms with Crippen LogP contribution >= 0.6 is 0 Å². The summed E-state index contributed by atoms with van der Waals surface area (Å²) in [7, 11) is 0. The summed E-state index contributed by atoms with van der Waals surface area (Å²) in [6, 6.07) is 30.7. The molecule has 128 valence electrons. The lowest BCUT2D eigenvalue weighted by atomic mass is 9.69. The van der Waals surface area contributed by atoms with E-state index in [1.165, 1.54) is 50.1 Å². The van der Waals surface area contributed by atoms with Gasteiger partial charge in [0.25, 0.3) is 0 Å². The van der Waals surface area contributed by atoms with E-state index in [1.807, 2.05) is 6.07 Å². The standard InChI is InChI=1S/C26H19N/c1-16-8-6-11-18-17-9-2-4-12-20(17)26(25(16)18)21-13-5-3-10-19(21)24-22(26)14-7-15-23(24)27/h2-15H,27H2,1H3. The fraction of sp³-hybridized carbons (Fsp3) is 0.0769. The molecule has 1 nitrogen and oxygen atoms in total. The van der Waals surface area contributed by atoms with Crippen LogP contribution in [0.3, 0.4) is 0 Å². The van der Waals surface area contributed by atoms with Crippen LogP contribution in [0.25, 0.3) is 22.3 Å².